The molecule has 1 aromatic carbocycles. The maximum atomic E-state index is 5.68. The normalized spacial score (nSPS) is 32.5. The standard InChI is InChI=1S/C21H31N3O2.HI/c1-4-22-19(24-11-9-21(14-24)10-12-26-15-21)23-18-13-20(18,2)16-7-5-6-8-17(16)25-3;/h5-8,18H,4,9-15H2,1-3H3,(H,22,23);1H. The first-order chi connectivity index (χ1) is 12.6. The van der Waals surface area contributed by atoms with E-state index in [1.165, 1.54) is 18.4 Å². The molecular formula is C21H32IN3O2. The average Bonchev–Trinajstić information content (AvgIpc) is 3.03. The van der Waals surface area contributed by atoms with Crippen molar-refractivity contribution in [3.8, 4) is 5.75 Å². The van der Waals surface area contributed by atoms with Gasteiger partial charge < -0.3 is 19.7 Å². The van der Waals surface area contributed by atoms with E-state index in [1.54, 1.807) is 7.11 Å². The molecule has 1 aliphatic carbocycles. The first kappa shape index (κ1) is 20.7. The molecule has 6 heteroatoms. The molecular weight excluding hydrogens is 453 g/mol. The van der Waals surface area contributed by atoms with Crippen molar-refractivity contribution in [3.05, 3.63) is 29.8 Å². The first-order valence-corrected chi connectivity index (χ1v) is 9.87. The van der Waals surface area contributed by atoms with Crippen LogP contribution in [0.3, 0.4) is 0 Å². The molecule has 3 unspecified atom stereocenters. The summed E-state index contributed by atoms with van der Waals surface area (Å²) in [6.45, 7) is 9.20. The average molecular weight is 485 g/mol. The molecule has 5 nitrogen and oxygen atoms in total. The van der Waals surface area contributed by atoms with Crippen molar-refractivity contribution in [2.75, 3.05) is 40.0 Å². The maximum Gasteiger partial charge on any atom is 0.194 e. The summed E-state index contributed by atoms with van der Waals surface area (Å²) in [6, 6.07) is 8.79. The Balaban J connectivity index is 0.00000210. The number of nitrogens with zero attached hydrogens (tertiary/aromatic N) is 2. The highest BCUT2D eigenvalue weighted by molar-refractivity contribution is 14.0. The Kier molecular flexibility index (Phi) is 6.25. The number of benzene rings is 1. The first-order valence-electron chi connectivity index (χ1n) is 9.87. The summed E-state index contributed by atoms with van der Waals surface area (Å²) >= 11 is 0. The van der Waals surface area contributed by atoms with Gasteiger partial charge in [-0.2, -0.15) is 0 Å². The summed E-state index contributed by atoms with van der Waals surface area (Å²) in [6.07, 6.45) is 3.51. The molecule has 3 atom stereocenters. The lowest BCUT2D eigenvalue weighted by Crippen LogP contribution is -2.44. The zero-order chi connectivity index (χ0) is 18.2. The third-order valence-electron chi connectivity index (χ3n) is 6.49. The van der Waals surface area contributed by atoms with Crippen molar-refractivity contribution in [1.82, 2.24) is 10.2 Å². The topological polar surface area (TPSA) is 46.1 Å². The van der Waals surface area contributed by atoms with E-state index in [2.05, 4.69) is 42.3 Å². The van der Waals surface area contributed by atoms with Crippen molar-refractivity contribution in [2.24, 2.45) is 10.4 Å². The van der Waals surface area contributed by atoms with Crippen LogP contribution in [0.5, 0.6) is 5.75 Å². The quantitative estimate of drug-likeness (QED) is 0.404. The summed E-state index contributed by atoms with van der Waals surface area (Å²) < 4.78 is 11.3. The molecule has 1 saturated carbocycles. The predicted molar refractivity (Wildman–Crippen MR) is 119 cm³/mol. The summed E-state index contributed by atoms with van der Waals surface area (Å²) in [4.78, 5) is 7.25. The second-order valence-corrected chi connectivity index (χ2v) is 8.29. The minimum Gasteiger partial charge on any atom is -0.496 e. The third kappa shape index (κ3) is 3.92. The second-order valence-electron chi connectivity index (χ2n) is 8.29. The Morgan fingerprint density at radius 3 is 2.89 bits per heavy atom. The highest BCUT2D eigenvalue weighted by atomic mass is 127. The van der Waals surface area contributed by atoms with E-state index in [-0.39, 0.29) is 29.4 Å². The maximum absolute atomic E-state index is 5.68. The third-order valence-corrected chi connectivity index (χ3v) is 6.49. The fraction of sp³-hybridized carbons (Fsp3) is 0.667. The van der Waals surface area contributed by atoms with E-state index in [1.807, 2.05) is 6.07 Å². The molecule has 4 rings (SSSR count). The fourth-order valence-electron chi connectivity index (χ4n) is 4.62. The van der Waals surface area contributed by atoms with Gasteiger partial charge >= 0.3 is 0 Å². The van der Waals surface area contributed by atoms with Gasteiger partial charge in [0.2, 0.25) is 0 Å². The Morgan fingerprint density at radius 2 is 2.19 bits per heavy atom. The highest BCUT2D eigenvalue weighted by Crippen LogP contribution is 2.51. The van der Waals surface area contributed by atoms with Gasteiger partial charge in [-0.3, -0.25) is 4.99 Å². The number of para-hydroxylation sites is 1. The van der Waals surface area contributed by atoms with Gasteiger partial charge in [-0.25, -0.2) is 0 Å². The van der Waals surface area contributed by atoms with Gasteiger partial charge in [-0.1, -0.05) is 25.1 Å². The lowest BCUT2D eigenvalue weighted by molar-refractivity contribution is 0.156. The van der Waals surface area contributed by atoms with Crippen LogP contribution in [0.1, 0.15) is 38.7 Å². The van der Waals surface area contributed by atoms with Crippen molar-refractivity contribution in [3.63, 3.8) is 0 Å². The van der Waals surface area contributed by atoms with Crippen LogP contribution in [0.2, 0.25) is 0 Å². The Bertz CT molecular complexity index is 690. The lowest BCUT2D eigenvalue weighted by atomic mass is 9.87. The molecule has 3 fully saturated rings. The van der Waals surface area contributed by atoms with Crippen LogP contribution < -0.4 is 10.1 Å². The Morgan fingerprint density at radius 1 is 1.37 bits per heavy atom. The molecule has 27 heavy (non-hydrogen) atoms. The van der Waals surface area contributed by atoms with Gasteiger partial charge in [-0.15, -0.1) is 24.0 Å². The smallest absolute Gasteiger partial charge is 0.194 e. The van der Waals surface area contributed by atoms with Crippen LogP contribution >= 0.6 is 24.0 Å². The summed E-state index contributed by atoms with van der Waals surface area (Å²) in [5.74, 6) is 2.05. The van der Waals surface area contributed by atoms with Crippen LogP contribution in [0, 0.1) is 5.41 Å². The molecule has 1 spiro atoms. The minimum atomic E-state index is 0. The summed E-state index contributed by atoms with van der Waals surface area (Å²) in [5.41, 5.74) is 1.75. The molecule has 2 saturated heterocycles. The van der Waals surface area contributed by atoms with Crippen LogP contribution in [-0.2, 0) is 10.2 Å². The van der Waals surface area contributed by atoms with Crippen molar-refractivity contribution in [2.45, 2.75) is 44.6 Å². The van der Waals surface area contributed by atoms with Gasteiger partial charge in [0.1, 0.15) is 5.75 Å². The number of methoxy groups -OCH3 is 1. The van der Waals surface area contributed by atoms with E-state index < -0.39 is 0 Å². The number of guanidine groups is 1. The largest absolute Gasteiger partial charge is 0.496 e. The molecule has 0 aromatic heterocycles. The molecule has 150 valence electrons. The number of ether oxygens (including phenoxy) is 2. The van der Waals surface area contributed by atoms with Crippen LogP contribution in [0.15, 0.2) is 29.3 Å². The fourth-order valence-corrected chi connectivity index (χ4v) is 4.62. The van der Waals surface area contributed by atoms with E-state index in [4.69, 9.17) is 14.5 Å². The monoisotopic (exact) mass is 485 g/mol. The number of halogens is 1. The predicted octanol–water partition coefficient (Wildman–Crippen LogP) is 3.42. The molecule has 0 amide bonds. The van der Waals surface area contributed by atoms with Gasteiger partial charge in [0.05, 0.1) is 13.7 Å². The molecule has 0 bridgehead atoms. The van der Waals surface area contributed by atoms with Crippen molar-refractivity contribution >= 4 is 29.9 Å². The van der Waals surface area contributed by atoms with Crippen molar-refractivity contribution in [1.29, 1.82) is 0 Å². The number of nitrogens with one attached hydrogen (secondary N) is 1. The van der Waals surface area contributed by atoms with Crippen LogP contribution in [-0.4, -0.2) is 56.9 Å². The molecule has 2 heterocycles. The van der Waals surface area contributed by atoms with E-state index in [9.17, 15) is 0 Å². The van der Waals surface area contributed by atoms with E-state index >= 15 is 0 Å². The Hall–Kier alpha value is -1.02. The van der Waals surface area contributed by atoms with Crippen molar-refractivity contribution < 1.29 is 9.47 Å². The minimum absolute atomic E-state index is 0. The zero-order valence-electron chi connectivity index (χ0n) is 16.7. The number of aliphatic imine (C=N–C) groups is 1. The molecule has 1 N–H and O–H groups in total. The van der Waals surface area contributed by atoms with Gasteiger partial charge in [0, 0.05) is 48.7 Å². The van der Waals surface area contributed by atoms with Crippen LogP contribution in [0.4, 0.5) is 0 Å². The number of hydrogen-bond acceptors (Lipinski definition) is 3. The Labute approximate surface area is 179 Å². The second kappa shape index (κ2) is 8.15. The summed E-state index contributed by atoms with van der Waals surface area (Å²) in [5, 5.41) is 3.76. The van der Waals surface area contributed by atoms with Gasteiger partial charge in [0.25, 0.3) is 0 Å². The van der Waals surface area contributed by atoms with Gasteiger partial charge in [-0.05, 0) is 32.3 Å². The van der Waals surface area contributed by atoms with E-state index in [0.29, 0.717) is 11.5 Å². The highest BCUT2D eigenvalue weighted by Gasteiger charge is 2.54. The lowest BCUT2D eigenvalue weighted by Gasteiger charge is -2.26. The molecule has 2 aliphatic heterocycles. The number of likely N-dealkylation sites (tertiary alicyclic amines) is 1. The molecule has 0 radical (unpaired) electrons. The SMILES string of the molecule is CCN=C(NC1CC1(C)c1ccccc1OC)N1CCC2(CCOC2)C1.I. The number of hydrogen-bond donors (Lipinski definition) is 1. The van der Waals surface area contributed by atoms with E-state index in [0.717, 1.165) is 51.0 Å². The van der Waals surface area contributed by atoms with Crippen LogP contribution in [0.25, 0.3) is 0 Å². The van der Waals surface area contributed by atoms with Gasteiger partial charge in [0.15, 0.2) is 5.96 Å². The number of rotatable bonds is 4. The zero-order valence-corrected chi connectivity index (χ0v) is 19.0. The molecule has 3 aliphatic rings. The summed E-state index contributed by atoms with van der Waals surface area (Å²) in [7, 11) is 1.75. The molecule has 1 aromatic rings.